The molecule has 2 aromatic carbocycles. The second kappa shape index (κ2) is 9.35. The van der Waals surface area contributed by atoms with Gasteiger partial charge in [0.1, 0.15) is 19.8 Å². The summed E-state index contributed by atoms with van der Waals surface area (Å²) in [6.45, 7) is 6.43. The molecule has 0 spiro atoms. The van der Waals surface area contributed by atoms with Crippen LogP contribution >= 0.6 is 27.5 Å². The maximum atomic E-state index is 6.29. The van der Waals surface area contributed by atoms with Gasteiger partial charge in [-0.2, -0.15) is 0 Å². The molecule has 0 bridgehead atoms. The normalized spacial score (nSPS) is 12.6. The summed E-state index contributed by atoms with van der Waals surface area (Å²) in [6.07, 6.45) is 1.69. The first-order chi connectivity index (χ1) is 13.1. The van der Waals surface area contributed by atoms with Crippen LogP contribution in [0, 0.1) is 0 Å². The van der Waals surface area contributed by atoms with Crippen molar-refractivity contribution >= 4 is 27.5 Å². The minimum Gasteiger partial charge on any atom is -0.493 e. The molecule has 0 amide bonds. The fourth-order valence-electron chi connectivity index (χ4n) is 2.78. The molecule has 3 rings (SSSR count). The highest BCUT2D eigenvalue weighted by Crippen LogP contribution is 2.39. The number of methoxy groups -OCH3 is 1. The summed E-state index contributed by atoms with van der Waals surface area (Å²) >= 11 is 9.83. The van der Waals surface area contributed by atoms with Crippen LogP contribution in [0.2, 0.25) is 5.02 Å². The van der Waals surface area contributed by atoms with E-state index in [9.17, 15) is 0 Å². The number of fused-ring (bicyclic) bond motifs is 1. The second-order valence-corrected chi connectivity index (χ2v) is 7.18. The number of hydrogen-bond acceptors (Lipinski definition) is 5. The third kappa shape index (κ3) is 4.89. The Labute approximate surface area is 172 Å². The van der Waals surface area contributed by atoms with E-state index < -0.39 is 0 Å². The van der Waals surface area contributed by atoms with Crippen molar-refractivity contribution in [1.82, 2.24) is 5.32 Å². The van der Waals surface area contributed by atoms with Crippen LogP contribution in [-0.4, -0.2) is 26.9 Å². The number of rotatable bonds is 8. The minimum atomic E-state index is 0.414. The van der Waals surface area contributed by atoms with E-state index in [2.05, 4.69) is 27.8 Å². The van der Waals surface area contributed by atoms with Gasteiger partial charge in [-0.25, -0.2) is 0 Å². The van der Waals surface area contributed by atoms with Crippen LogP contribution in [0.15, 0.2) is 41.4 Å². The molecule has 0 saturated carbocycles. The summed E-state index contributed by atoms with van der Waals surface area (Å²) in [5, 5.41) is 3.97. The SMILES string of the molecule is C=CCOc1c(Br)cc(CNCc2cc(Cl)c3c(c2)OCCO3)cc1OC. The molecule has 2 aromatic rings. The molecule has 0 radical (unpaired) electrons. The van der Waals surface area contributed by atoms with Crippen LogP contribution in [0.4, 0.5) is 0 Å². The predicted octanol–water partition coefficient (Wildman–Crippen LogP) is 4.74. The van der Waals surface area contributed by atoms with E-state index in [0.29, 0.717) is 60.9 Å². The van der Waals surface area contributed by atoms with Gasteiger partial charge in [-0.15, -0.1) is 0 Å². The van der Waals surface area contributed by atoms with Crippen molar-refractivity contribution in [1.29, 1.82) is 0 Å². The highest BCUT2D eigenvalue weighted by molar-refractivity contribution is 9.10. The molecule has 7 heteroatoms. The lowest BCUT2D eigenvalue weighted by Gasteiger charge is -2.20. The summed E-state index contributed by atoms with van der Waals surface area (Å²) in [6, 6.07) is 7.80. The molecule has 0 fully saturated rings. The fourth-order valence-corrected chi connectivity index (χ4v) is 3.67. The number of nitrogens with one attached hydrogen (secondary N) is 1. The van der Waals surface area contributed by atoms with Gasteiger partial charge in [0.15, 0.2) is 23.0 Å². The summed E-state index contributed by atoms with van der Waals surface area (Å²) in [5.41, 5.74) is 2.09. The molecule has 0 aliphatic carbocycles. The van der Waals surface area contributed by atoms with Gasteiger partial charge in [-0.3, -0.25) is 0 Å². The fraction of sp³-hybridized carbons (Fsp3) is 0.300. The van der Waals surface area contributed by atoms with Crippen LogP contribution in [0.1, 0.15) is 11.1 Å². The quantitative estimate of drug-likeness (QED) is 0.584. The zero-order valence-corrected chi connectivity index (χ0v) is 17.4. The molecular weight excluding hydrogens is 434 g/mol. The van der Waals surface area contributed by atoms with Crippen LogP contribution < -0.4 is 24.3 Å². The molecule has 0 aromatic heterocycles. The first-order valence-corrected chi connectivity index (χ1v) is 9.68. The molecule has 1 heterocycles. The lowest BCUT2D eigenvalue weighted by atomic mass is 10.1. The van der Waals surface area contributed by atoms with E-state index in [1.54, 1.807) is 13.2 Å². The smallest absolute Gasteiger partial charge is 0.179 e. The molecular formula is C20H21BrClNO4. The van der Waals surface area contributed by atoms with Gasteiger partial charge < -0.3 is 24.3 Å². The largest absolute Gasteiger partial charge is 0.493 e. The van der Waals surface area contributed by atoms with Gasteiger partial charge in [0.05, 0.1) is 16.6 Å². The summed E-state index contributed by atoms with van der Waals surface area (Å²) in [4.78, 5) is 0. The highest BCUT2D eigenvalue weighted by Gasteiger charge is 2.16. The van der Waals surface area contributed by atoms with Crippen molar-refractivity contribution < 1.29 is 18.9 Å². The van der Waals surface area contributed by atoms with Crippen molar-refractivity contribution in [3.05, 3.63) is 57.5 Å². The molecule has 0 saturated heterocycles. The van der Waals surface area contributed by atoms with Gasteiger partial charge >= 0.3 is 0 Å². The Balaban J connectivity index is 1.66. The standard InChI is InChI=1S/C20H21BrClNO4/c1-3-4-26-19-15(21)7-13(9-17(19)24-2)11-23-12-14-8-16(22)20-18(10-14)25-5-6-27-20/h3,7-10,23H,1,4-6,11-12H2,2H3. The van der Waals surface area contributed by atoms with E-state index in [0.717, 1.165) is 15.6 Å². The first-order valence-electron chi connectivity index (χ1n) is 8.51. The molecule has 1 aliphatic rings. The molecule has 1 N–H and O–H groups in total. The number of ether oxygens (including phenoxy) is 4. The number of halogens is 2. The highest BCUT2D eigenvalue weighted by atomic mass is 79.9. The van der Waals surface area contributed by atoms with Crippen LogP contribution in [0.3, 0.4) is 0 Å². The maximum absolute atomic E-state index is 6.29. The third-order valence-electron chi connectivity index (χ3n) is 3.95. The Morgan fingerprint density at radius 1 is 1.19 bits per heavy atom. The molecule has 1 aliphatic heterocycles. The summed E-state index contributed by atoms with van der Waals surface area (Å²) in [7, 11) is 1.62. The first kappa shape index (κ1) is 19.9. The van der Waals surface area contributed by atoms with Crippen molar-refractivity contribution in [3.8, 4) is 23.0 Å². The lowest BCUT2D eigenvalue weighted by Crippen LogP contribution is -2.17. The monoisotopic (exact) mass is 453 g/mol. The Morgan fingerprint density at radius 2 is 1.93 bits per heavy atom. The zero-order valence-electron chi connectivity index (χ0n) is 15.0. The van der Waals surface area contributed by atoms with Crippen molar-refractivity contribution in [2.45, 2.75) is 13.1 Å². The van der Waals surface area contributed by atoms with Crippen molar-refractivity contribution in [2.24, 2.45) is 0 Å². The molecule has 144 valence electrons. The molecule has 5 nitrogen and oxygen atoms in total. The Morgan fingerprint density at radius 3 is 2.67 bits per heavy atom. The lowest BCUT2D eigenvalue weighted by molar-refractivity contribution is 0.171. The van der Waals surface area contributed by atoms with Crippen molar-refractivity contribution in [2.75, 3.05) is 26.9 Å². The van der Waals surface area contributed by atoms with Gasteiger partial charge in [-0.05, 0) is 51.3 Å². The average Bonchev–Trinajstić information content (AvgIpc) is 2.67. The minimum absolute atomic E-state index is 0.414. The Hall–Kier alpha value is -1.89. The number of benzene rings is 2. The topological polar surface area (TPSA) is 49.0 Å². The second-order valence-electron chi connectivity index (χ2n) is 5.91. The van der Waals surface area contributed by atoms with Crippen LogP contribution in [0.25, 0.3) is 0 Å². The van der Waals surface area contributed by atoms with E-state index in [4.69, 9.17) is 30.5 Å². The molecule has 0 unspecified atom stereocenters. The number of hydrogen-bond donors (Lipinski definition) is 1. The van der Waals surface area contributed by atoms with Gasteiger partial charge in [0.25, 0.3) is 0 Å². The van der Waals surface area contributed by atoms with E-state index >= 15 is 0 Å². The van der Waals surface area contributed by atoms with Crippen LogP contribution in [0.5, 0.6) is 23.0 Å². The maximum Gasteiger partial charge on any atom is 0.179 e. The Kier molecular flexibility index (Phi) is 6.88. The molecule has 27 heavy (non-hydrogen) atoms. The van der Waals surface area contributed by atoms with E-state index in [1.807, 2.05) is 24.3 Å². The third-order valence-corrected chi connectivity index (χ3v) is 4.82. The Bertz CT molecular complexity index is 828. The predicted molar refractivity (Wildman–Crippen MR) is 109 cm³/mol. The molecule has 0 atom stereocenters. The summed E-state index contributed by atoms with van der Waals surface area (Å²) in [5.74, 6) is 2.65. The van der Waals surface area contributed by atoms with Crippen molar-refractivity contribution in [3.63, 3.8) is 0 Å². The van der Waals surface area contributed by atoms with Gasteiger partial charge in [0, 0.05) is 13.1 Å². The van der Waals surface area contributed by atoms with Gasteiger partial charge in [-0.1, -0.05) is 24.3 Å². The van der Waals surface area contributed by atoms with E-state index in [-0.39, 0.29) is 0 Å². The average molecular weight is 455 g/mol. The van der Waals surface area contributed by atoms with Crippen LogP contribution in [-0.2, 0) is 13.1 Å². The van der Waals surface area contributed by atoms with E-state index in [1.165, 1.54) is 0 Å². The summed E-state index contributed by atoms with van der Waals surface area (Å²) < 4.78 is 23.1. The zero-order chi connectivity index (χ0) is 19.2. The van der Waals surface area contributed by atoms with Gasteiger partial charge in [0.2, 0.25) is 0 Å².